The van der Waals surface area contributed by atoms with Gasteiger partial charge >= 0.3 is 0 Å². The molecular weight excluding hydrogens is 279 g/mol. The van der Waals surface area contributed by atoms with Gasteiger partial charge in [0.05, 0.1) is 12.1 Å². The molecule has 1 aromatic carbocycles. The van der Waals surface area contributed by atoms with Crippen LogP contribution in [0.4, 0.5) is 4.39 Å². The van der Waals surface area contributed by atoms with E-state index in [0.29, 0.717) is 18.3 Å². The molecule has 120 valence electrons. The summed E-state index contributed by atoms with van der Waals surface area (Å²) in [6.07, 6.45) is 8.55. The number of hydrazine groups is 1. The highest BCUT2D eigenvalue weighted by atomic mass is 19.1. The van der Waals surface area contributed by atoms with Crippen LogP contribution < -0.4 is 15.6 Å². The predicted octanol–water partition coefficient (Wildman–Crippen LogP) is 3.66. The van der Waals surface area contributed by atoms with Crippen molar-refractivity contribution in [3.8, 4) is 5.75 Å². The maximum Gasteiger partial charge on any atom is 0.165 e. The number of hydrogen-bond acceptors (Lipinski definition) is 3. The van der Waals surface area contributed by atoms with E-state index in [1.807, 2.05) is 18.2 Å². The molecular formula is C18H25FN2O. The predicted molar refractivity (Wildman–Crippen MR) is 86.1 cm³/mol. The summed E-state index contributed by atoms with van der Waals surface area (Å²) in [5, 5.41) is 0. The average molecular weight is 304 g/mol. The molecule has 2 aliphatic rings. The molecule has 4 heteroatoms. The largest absolute Gasteiger partial charge is 0.490 e. The minimum Gasteiger partial charge on any atom is -0.490 e. The quantitative estimate of drug-likeness (QED) is 0.393. The molecule has 2 N–H and O–H groups in total. The fourth-order valence-electron chi connectivity index (χ4n) is 2.58. The summed E-state index contributed by atoms with van der Waals surface area (Å²) in [4.78, 5) is 0. The first-order valence-corrected chi connectivity index (χ1v) is 8.27. The molecule has 0 amide bonds. The van der Waals surface area contributed by atoms with Crippen LogP contribution in [0.5, 0.6) is 5.75 Å². The lowest BCUT2D eigenvalue weighted by atomic mass is 10.1. The van der Waals surface area contributed by atoms with Crippen molar-refractivity contribution in [1.29, 1.82) is 0 Å². The van der Waals surface area contributed by atoms with Crippen LogP contribution >= 0.6 is 0 Å². The molecule has 2 fully saturated rings. The van der Waals surface area contributed by atoms with Gasteiger partial charge in [-0.1, -0.05) is 12.1 Å². The highest BCUT2D eigenvalue weighted by Crippen LogP contribution is 2.46. The Kier molecular flexibility index (Phi) is 4.79. The molecule has 2 saturated carbocycles. The van der Waals surface area contributed by atoms with E-state index in [9.17, 15) is 4.39 Å². The second-order valence-electron chi connectivity index (χ2n) is 6.46. The van der Waals surface area contributed by atoms with Gasteiger partial charge in [-0.3, -0.25) is 5.43 Å². The van der Waals surface area contributed by atoms with E-state index in [-0.39, 0.29) is 11.4 Å². The van der Waals surface area contributed by atoms with Crippen LogP contribution in [-0.4, -0.2) is 13.2 Å². The second-order valence-corrected chi connectivity index (χ2v) is 6.46. The van der Waals surface area contributed by atoms with E-state index in [0.717, 1.165) is 37.8 Å². The highest BCUT2D eigenvalue weighted by Gasteiger charge is 2.44. The van der Waals surface area contributed by atoms with E-state index < -0.39 is 0 Å². The summed E-state index contributed by atoms with van der Waals surface area (Å²) in [5.74, 6) is 0.755. The lowest BCUT2D eigenvalue weighted by molar-refractivity contribution is 0.284. The number of unbranched alkanes of at least 4 members (excludes halogenated alkanes) is 1. The van der Waals surface area contributed by atoms with Crippen LogP contribution in [0.1, 0.15) is 44.1 Å². The Morgan fingerprint density at radius 1 is 1.36 bits per heavy atom. The summed E-state index contributed by atoms with van der Waals surface area (Å²) < 4.78 is 19.5. The fourth-order valence-corrected chi connectivity index (χ4v) is 2.58. The van der Waals surface area contributed by atoms with E-state index in [2.05, 4.69) is 17.4 Å². The molecule has 0 radical (unpaired) electrons. The fraction of sp³-hybridized carbons (Fsp3) is 0.556. The van der Waals surface area contributed by atoms with Crippen LogP contribution in [-0.2, 0) is 5.54 Å². The summed E-state index contributed by atoms with van der Waals surface area (Å²) in [7, 11) is 0. The molecule has 0 heterocycles. The first-order valence-electron chi connectivity index (χ1n) is 8.27. The van der Waals surface area contributed by atoms with Crippen molar-refractivity contribution >= 4 is 0 Å². The van der Waals surface area contributed by atoms with Crippen LogP contribution in [0.15, 0.2) is 30.9 Å². The summed E-state index contributed by atoms with van der Waals surface area (Å²) >= 11 is 0. The Balaban J connectivity index is 1.57. The van der Waals surface area contributed by atoms with Gasteiger partial charge in [0.15, 0.2) is 11.6 Å². The molecule has 0 bridgehead atoms. The van der Waals surface area contributed by atoms with Gasteiger partial charge in [0.2, 0.25) is 0 Å². The lowest BCUT2D eigenvalue weighted by Crippen LogP contribution is -2.41. The zero-order valence-corrected chi connectivity index (χ0v) is 13.0. The molecule has 1 aromatic rings. The van der Waals surface area contributed by atoms with Crippen molar-refractivity contribution in [2.24, 2.45) is 5.92 Å². The molecule has 0 saturated heterocycles. The Morgan fingerprint density at radius 2 is 2.18 bits per heavy atom. The number of benzene rings is 1. The smallest absolute Gasteiger partial charge is 0.165 e. The average Bonchev–Trinajstić information content (AvgIpc) is 3.42. The minimum absolute atomic E-state index is 0.0560. The summed E-state index contributed by atoms with van der Waals surface area (Å²) in [5.41, 5.74) is 7.74. The molecule has 0 atom stereocenters. The third kappa shape index (κ3) is 3.87. The van der Waals surface area contributed by atoms with Crippen molar-refractivity contribution in [2.45, 2.75) is 44.1 Å². The molecule has 22 heavy (non-hydrogen) atoms. The van der Waals surface area contributed by atoms with Gasteiger partial charge in [-0.15, -0.1) is 6.58 Å². The number of hydrogen-bond donors (Lipinski definition) is 2. The topological polar surface area (TPSA) is 33.3 Å². The molecule has 3 rings (SSSR count). The van der Waals surface area contributed by atoms with Crippen LogP contribution in [0.3, 0.4) is 0 Å². The van der Waals surface area contributed by atoms with Crippen molar-refractivity contribution < 1.29 is 9.13 Å². The number of nitrogens with one attached hydrogen (secondary N) is 2. The van der Waals surface area contributed by atoms with Gasteiger partial charge in [0.1, 0.15) is 0 Å². The summed E-state index contributed by atoms with van der Waals surface area (Å²) in [6, 6.07) is 5.25. The number of halogens is 1. The molecule has 2 aliphatic carbocycles. The van der Waals surface area contributed by atoms with Gasteiger partial charge in [-0.2, -0.15) is 0 Å². The Bertz CT molecular complexity index is 524. The third-order valence-electron chi connectivity index (χ3n) is 4.44. The second kappa shape index (κ2) is 6.80. The number of ether oxygens (including phenoxy) is 1. The standard InChI is InChI=1S/C18H25FN2O/c1-2-3-4-11-20-21-18(9-10-18)15-7-8-16(19)17(12-15)22-13-14-5-6-14/h2,7-8,12,14,20-21H,1,3-6,9-11,13H2. The van der Waals surface area contributed by atoms with Gasteiger partial charge in [-0.05, 0) is 62.1 Å². The van der Waals surface area contributed by atoms with E-state index in [4.69, 9.17) is 4.74 Å². The highest BCUT2D eigenvalue weighted by molar-refractivity contribution is 5.37. The Labute approximate surface area is 131 Å². The molecule has 3 nitrogen and oxygen atoms in total. The Hall–Kier alpha value is -1.39. The van der Waals surface area contributed by atoms with Gasteiger partial charge in [0, 0.05) is 6.54 Å². The van der Waals surface area contributed by atoms with Gasteiger partial charge < -0.3 is 4.74 Å². The van der Waals surface area contributed by atoms with Crippen molar-refractivity contribution in [2.75, 3.05) is 13.2 Å². The maximum atomic E-state index is 13.9. The van der Waals surface area contributed by atoms with E-state index in [1.54, 1.807) is 0 Å². The van der Waals surface area contributed by atoms with Gasteiger partial charge in [0.25, 0.3) is 0 Å². The third-order valence-corrected chi connectivity index (χ3v) is 4.44. The monoisotopic (exact) mass is 304 g/mol. The van der Waals surface area contributed by atoms with Crippen molar-refractivity contribution in [3.05, 3.63) is 42.2 Å². The number of allylic oxidation sites excluding steroid dienone is 1. The normalized spacial score (nSPS) is 19.0. The zero-order chi connectivity index (χ0) is 15.4. The molecule has 0 spiro atoms. The first-order chi connectivity index (χ1) is 10.7. The molecule has 0 unspecified atom stereocenters. The minimum atomic E-state index is -0.265. The maximum absolute atomic E-state index is 13.9. The SMILES string of the molecule is C=CCCCNNC1(c2ccc(F)c(OCC3CC3)c2)CC1. The Morgan fingerprint density at radius 3 is 2.86 bits per heavy atom. The first kappa shape index (κ1) is 15.5. The zero-order valence-electron chi connectivity index (χ0n) is 13.0. The van der Waals surface area contributed by atoms with Crippen LogP contribution in [0.2, 0.25) is 0 Å². The summed E-state index contributed by atoms with van der Waals surface area (Å²) in [6.45, 7) is 5.26. The lowest BCUT2D eigenvalue weighted by Gasteiger charge is -2.20. The molecule has 0 aliphatic heterocycles. The molecule has 0 aromatic heterocycles. The van der Waals surface area contributed by atoms with E-state index in [1.165, 1.54) is 18.9 Å². The van der Waals surface area contributed by atoms with Crippen LogP contribution in [0.25, 0.3) is 0 Å². The van der Waals surface area contributed by atoms with Gasteiger partial charge in [-0.25, -0.2) is 9.82 Å². The van der Waals surface area contributed by atoms with Crippen molar-refractivity contribution in [3.63, 3.8) is 0 Å². The van der Waals surface area contributed by atoms with E-state index >= 15 is 0 Å². The number of rotatable bonds is 10. The van der Waals surface area contributed by atoms with Crippen molar-refractivity contribution in [1.82, 2.24) is 10.9 Å². The van der Waals surface area contributed by atoms with Crippen LogP contribution in [0, 0.1) is 11.7 Å².